The molecule has 2 N–H and O–H groups in total. The second-order valence-electron chi connectivity index (χ2n) is 11.5. The first kappa shape index (κ1) is 24.0. The van der Waals surface area contributed by atoms with Gasteiger partial charge in [0.05, 0.1) is 23.1 Å². The highest BCUT2D eigenvalue weighted by Gasteiger charge is 2.57. The zero-order valence-corrected chi connectivity index (χ0v) is 20.5. The first-order valence-corrected chi connectivity index (χ1v) is 12.2. The van der Waals surface area contributed by atoms with E-state index < -0.39 is 17.0 Å². The summed E-state index contributed by atoms with van der Waals surface area (Å²) in [6, 6.07) is 10.5. The summed E-state index contributed by atoms with van der Waals surface area (Å²) in [7, 11) is 4.25. The lowest BCUT2D eigenvalue weighted by Gasteiger charge is -2.52. The van der Waals surface area contributed by atoms with Gasteiger partial charge >= 0.3 is 12.0 Å². The molecule has 33 heavy (non-hydrogen) atoms. The molecule has 182 valence electrons. The Labute approximate surface area is 197 Å². The van der Waals surface area contributed by atoms with Gasteiger partial charge in [-0.2, -0.15) is 0 Å². The minimum atomic E-state index is -1.02. The maximum absolute atomic E-state index is 13.6. The molecule has 2 saturated carbocycles. The molecule has 7 nitrogen and oxygen atoms in total. The van der Waals surface area contributed by atoms with Gasteiger partial charge in [-0.25, -0.2) is 4.79 Å². The lowest BCUT2D eigenvalue weighted by Crippen LogP contribution is -2.59. The zero-order valence-electron chi connectivity index (χ0n) is 20.5. The van der Waals surface area contributed by atoms with Crippen LogP contribution in [0, 0.1) is 5.41 Å². The minimum Gasteiger partial charge on any atom is -0.481 e. The van der Waals surface area contributed by atoms with E-state index in [4.69, 9.17) is 0 Å². The van der Waals surface area contributed by atoms with Crippen molar-refractivity contribution in [2.24, 2.45) is 5.41 Å². The van der Waals surface area contributed by atoms with Crippen LogP contribution in [0.2, 0.25) is 0 Å². The molecular weight excluding hydrogens is 418 g/mol. The summed E-state index contributed by atoms with van der Waals surface area (Å²) >= 11 is 0. The highest BCUT2D eigenvalue weighted by atomic mass is 16.4. The number of amides is 2. The van der Waals surface area contributed by atoms with Gasteiger partial charge in [-0.3, -0.25) is 9.69 Å². The van der Waals surface area contributed by atoms with Gasteiger partial charge < -0.3 is 20.0 Å². The van der Waals surface area contributed by atoms with E-state index in [9.17, 15) is 19.8 Å². The predicted molar refractivity (Wildman–Crippen MR) is 127 cm³/mol. The summed E-state index contributed by atoms with van der Waals surface area (Å²) in [5.74, 6) is -0.903. The molecule has 0 bridgehead atoms. The molecule has 0 aromatic heterocycles. The predicted octanol–water partition coefficient (Wildman–Crippen LogP) is 3.52. The highest BCUT2D eigenvalue weighted by Crippen LogP contribution is 2.50. The summed E-state index contributed by atoms with van der Waals surface area (Å²) in [4.78, 5) is 31.3. The fourth-order valence-corrected chi connectivity index (χ4v) is 6.12. The lowest BCUT2D eigenvalue weighted by molar-refractivity contribution is -0.147. The molecule has 2 aliphatic carbocycles. The smallest absolute Gasteiger partial charge is 0.320 e. The maximum Gasteiger partial charge on any atom is 0.320 e. The van der Waals surface area contributed by atoms with Crippen LogP contribution in [0.1, 0.15) is 64.4 Å². The molecule has 7 heteroatoms. The van der Waals surface area contributed by atoms with Crippen molar-refractivity contribution in [3.05, 3.63) is 35.9 Å². The van der Waals surface area contributed by atoms with Crippen molar-refractivity contribution in [2.45, 2.75) is 75.5 Å². The number of hydrogen-bond donors (Lipinski definition) is 2. The number of carbonyl (C=O) groups excluding carboxylic acids is 1. The first-order chi connectivity index (χ1) is 15.4. The number of hydrogen-bond acceptors (Lipinski definition) is 4. The van der Waals surface area contributed by atoms with E-state index in [1.807, 2.05) is 11.0 Å². The number of rotatable bonds is 7. The van der Waals surface area contributed by atoms with Gasteiger partial charge in [0.1, 0.15) is 0 Å². The van der Waals surface area contributed by atoms with Crippen LogP contribution in [-0.2, 0) is 10.3 Å². The third-order valence-electron chi connectivity index (χ3n) is 8.64. The van der Waals surface area contributed by atoms with Crippen LogP contribution in [0.4, 0.5) is 4.79 Å². The van der Waals surface area contributed by atoms with Crippen molar-refractivity contribution in [3.63, 3.8) is 0 Å². The number of carboxylic acid groups (broad SMARTS) is 1. The summed E-state index contributed by atoms with van der Waals surface area (Å²) < 4.78 is 0. The van der Waals surface area contributed by atoms with Gasteiger partial charge in [-0.15, -0.1) is 0 Å². The Morgan fingerprint density at radius 3 is 2.15 bits per heavy atom. The average Bonchev–Trinajstić information content (AvgIpc) is 2.98. The highest BCUT2D eigenvalue weighted by molar-refractivity contribution is 5.80. The standard InChI is InChI=1S/C26H39N3O4/c1-23(2,21(30)31)17-28-18-24(29(22(28)32)19-25(33)11-8-12-25)13-15-26(16-14-24,27(3)4)20-9-6-5-7-10-20/h5-7,9-10,33H,8,11-19H2,1-4H3,(H,30,31)/t24-,26-. The molecule has 1 aromatic rings. The number of carboxylic acids is 1. The number of nitrogens with zero attached hydrogens (tertiary/aromatic N) is 3. The Morgan fingerprint density at radius 2 is 1.67 bits per heavy atom. The maximum atomic E-state index is 13.6. The van der Waals surface area contributed by atoms with Crippen molar-refractivity contribution in [1.82, 2.24) is 14.7 Å². The molecule has 1 spiro atoms. The van der Waals surface area contributed by atoms with E-state index in [1.54, 1.807) is 18.7 Å². The van der Waals surface area contributed by atoms with Gasteiger partial charge in [-0.1, -0.05) is 30.3 Å². The minimum absolute atomic E-state index is 0.0949. The topological polar surface area (TPSA) is 84.3 Å². The number of benzene rings is 1. The molecular formula is C26H39N3O4. The van der Waals surface area contributed by atoms with Crippen LogP contribution in [0.15, 0.2) is 30.3 Å². The van der Waals surface area contributed by atoms with E-state index in [-0.39, 0.29) is 23.7 Å². The Morgan fingerprint density at radius 1 is 1.06 bits per heavy atom. The molecule has 3 fully saturated rings. The van der Waals surface area contributed by atoms with Crippen LogP contribution in [-0.4, -0.2) is 81.8 Å². The van der Waals surface area contributed by atoms with Crippen molar-refractivity contribution in [1.29, 1.82) is 0 Å². The third kappa shape index (κ3) is 4.14. The van der Waals surface area contributed by atoms with Crippen molar-refractivity contribution >= 4 is 12.0 Å². The quantitative estimate of drug-likeness (QED) is 0.655. The summed E-state index contributed by atoms with van der Waals surface area (Å²) in [6.45, 7) is 4.39. The second kappa shape index (κ2) is 8.27. The fraction of sp³-hybridized carbons (Fsp3) is 0.692. The molecule has 0 unspecified atom stereocenters. The molecule has 0 radical (unpaired) electrons. The van der Waals surface area contributed by atoms with Gasteiger partial charge in [-0.05, 0) is 78.5 Å². The SMILES string of the molecule is CN(C)[C@]1(c2ccccc2)CC[C@@]2(CC1)CN(CC(C)(C)C(=O)O)C(=O)N2CC1(O)CCC1. The van der Waals surface area contributed by atoms with Crippen LogP contribution in [0.5, 0.6) is 0 Å². The average molecular weight is 458 g/mol. The summed E-state index contributed by atoms with van der Waals surface area (Å²) in [6.07, 6.45) is 5.89. The molecule has 1 saturated heterocycles. The largest absolute Gasteiger partial charge is 0.481 e. The molecule has 3 aliphatic rings. The number of urea groups is 1. The van der Waals surface area contributed by atoms with E-state index in [2.05, 4.69) is 43.3 Å². The van der Waals surface area contributed by atoms with E-state index in [0.29, 0.717) is 13.1 Å². The van der Waals surface area contributed by atoms with E-state index in [1.165, 1.54) is 5.56 Å². The number of carbonyl (C=O) groups is 2. The summed E-state index contributed by atoms with van der Waals surface area (Å²) in [5.41, 5.74) is -1.00. The van der Waals surface area contributed by atoms with Gasteiger partial charge in [0.25, 0.3) is 0 Å². The molecule has 1 heterocycles. The van der Waals surface area contributed by atoms with E-state index >= 15 is 0 Å². The molecule has 4 rings (SSSR count). The van der Waals surface area contributed by atoms with Crippen molar-refractivity contribution in [2.75, 3.05) is 33.7 Å². The van der Waals surface area contributed by atoms with Gasteiger partial charge in [0.2, 0.25) is 0 Å². The monoisotopic (exact) mass is 457 g/mol. The van der Waals surface area contributed by atoms with Crippen molar-refractivity contribution in [3.8, 4) is 0 Å². The Balaban J connectivity index is 1.62. The molecule has 2 amide bonds. The van der Waals surface area contributed by atoms with Gasteiger partial charge in [0, 0.05) is 18.6 Å². The normalized spacial score (nSPS) is 29.6. The molecule has 1 aliphatic heterocycles. The molecule has 0 atom stereocenters. The third-order valence-corrected chi connectivity index (χ3v) is 8.64. The van der Waals surface area contributed by atoms with Crippen LogP contribution in [0.25, 0.3) is 0 Å². The number of aliphatic carboxylic acids is 1. The lowest BCUT2D eigenvalue weighted by atomic mass is 9.67. The van der Waals surface area contributed by atoms with E-state index in [0.717, 1.165) is 44.9 Å². The van der Waals surface area contributed by atoms with Crippen molar-refractivity contribution < 1.29 is 19.8 Å². The van der Waals surface area contributed by atoms with Gasteiger partial charge in [0.15, 0.2) is 0 Å². The van der Waals surface area contributed by atoms with Crippen LogP contribution in [0.3, 0.4) is 0 Å². The van der Waals surface area contributed by atoms with Crippen LogP contribution < -0.4 is 0 Å². The first-order valence-electron chi connectivity index (χ1n) is 12.2. The number of β-amino-alcohol motifs (C(OH)–C–C–N with tert-alkyl or cyclic N) is 1. The van der Waals surface area contributed by atoms with Crippen LogP contribution >= 0.6 is 0 Å². The zero-order chi connectivity index (χ0) is 24.1. The summed E-state index contributed by atoms with van der Waals surface area (Å²) in [5, 5.41) is 20.6. The Hall–Kier alpha value is -2.12. The second-order valence-corrected chi connectivity index (χ2v) is 11.5. The Kier molecular flexibility index (Phi) is 6.02. The molecule has 1 aromatic carbocycles. The Bertz CT molecular complexity index is 886. The number of aliphatic hydroxyl groups is 1. The fourth-order valence-electron chi connectivity index (χ4n) is 6.12.